The van der Waals surface area contributed by atoms with Gasteiger partial charge in [0, 0.05) is 13.8 Å². The molecule has 0 unspecified atom stereocenters. The van der Waals surface area contributed by atoms with Crippen LogP contribution in [-0.4, -0.2) is 78.4 Å². The van der Waals surface area contributed by atoms with Gasteiger partial charge in [0.2, 0.25) is 11.8 Å². The molecule has 2 rings (SSSR count). The van der Waals surface area contributed by atoms with E-state index >= 15 is 0 Å². The lowest BCUT2D eigenvalue weighted by Gasteiger charge is -2.45. The third kappa shape index (κ3) is 9.35. The Hall–Kier alpha value is -2.10. The van der Waals surface area contributed by atoms with E-state index < -0.39 is 69.2 Å². The first-order chi connectivity index (χ1) is 15.2. The van der Waals surface area contributed by atoms with Gasteiger partial charge in [-0.15, -0.1) is 0 Å². The molecule has 1 saturated heterocycles. The number of hydrogen-bond donors (Lipinski definition) is 2. The molecule has 186 valence electrons. The van der Waals surface area contributed by atoms with Crippen LogP contribution in [0.15, 0.2) is 30.3 Å². The van der Waals surface area contributed by atoms with E-state index in [1.165, 1.54) is 13.8 Å². The van der Waals surface area contributed by atoms with Crippen molar-refractivity contribution < 1.29 is 44.3 Å². The Balaban J connectivity index is 2.43. The molecule has 1 aromatic rings. The summed E-state index contributed by atoms with van der Waals surface area (Å²) in [5.41, 5.74) is 0.775. The topological polar surface area (TPSA) is 163 Å². The van der Waals surface area contributed by atoms with E-state index in [1.807, 2.05) is 6.07 Å². The Kier molecular flexibility index (Phi) is 9.34. The van der Waals surface area contributed by atoms with E-state index in [2.05, 4.69) is 10.6 Å². The quantitative estimate of drug-likeness (QED) is 0.385. The van der Waals surface area contributed by atoms with Gasteiger partial charge in [0.05, 0.1) is 31.8 Å². The lowest BCUT2D eigenvalue weighted by atomic mass is 9.93. The maximum atomic E-state index is 11.9. The molecule has 1 aliphatic heterocycles. The molecule has 0 radical (unpaired) electrons. The Morgan fingerprint density at radius 1 is 0.939 bits per heavy atom. The first-order valence-corrected chi connectivity index (χ1v) is 13.5. The molecule has 1 heterocycles. The van der Waals surface area contributed by atoms with Crippen LogP contribution in [0.2, 0.25) is 0 Å². The second-order valence-electron chi connectivity index (χ2n) is 7.55. The summed E-state index contributed by atoms with van der Waals surface area (Å²) in [5.74, 6) is -1.06. The number of carbonyl (C=O) groups is 2. The second kappa shape index (κ2) is 11.4. The molecule has 2 amide bonds. The fraction of sp³-hybridized carbons (Fsp3) is 0.579. The number of nitrogens with one attached hydrogen (secondary N) is 2. The molecular formula is C19H28N2O10S2. The molecule has 0 aliphatic carbocycles. The van der Waals surface area contributed by atoms with Crippen molar-refractivity contribution in [1.82, 2.24) is 10.6 Å². The highest BCUT2D eigenvalue weighted by atomic mass is 32.2. The lowest BCUT2D eigenvalue weighted by Crippen LogP contribution is -2.70. The minimum atomic E-state index is -4.09. The Morgan fingerprint density at radius 3 is 2.03 bits per heavy atom. The van der Waals surface area contributed by atoms with E-state index in [-0.39, 0.29) is 6.61 Å². The highest BCUT2D eigenvalue weighted by Gasteiger charge is 2.50. The molecule has 0 saturated carbocycles. The van der Waals surface area contributed by atoms with Crippen molar-refractivity contribution in [2.75, 3.05) is 19.1 Å². The first-order valence-electron chi connectivity index (χ1n) is 9.83. The van der Waals surface area contributed by atoms with Gasteiger partial charge >= 0.3 is 0 Å². The van der Waals surface area contributed by atoms with Gasteiger partial charge in [-0.05, 0) is 5.56 Å². The Labute approximate surface area is 193 Å². The minimum absolute atomic E-state index is 0.0473. The van der Waals surface area contributed by atoms with Crippen molar-refractivity contribution in [2.45, 2.75) is 51.0 Å². The summed E-state index contributed by atoms with van der Waals surface area (Å²) in [6.45, 7) is 1.85. The summed E-state index contributed by atoms with van der Waals surface area (Å²) in [7, 11) is -8.01. The summed E-state index contributed by atoms with van der Waals surface area (Å²) < 4.78 is 68.5. The van der Waals surface area contributed by atoms with Crippen molar-refractivity contribution in [3.63, 3.8) is 0 Å². The SMILES string of the molecule is CC(=O)N[C@@H]1[C@@H](NC(C)=O)[C@@H](OCc2ccccc2)O[C@H](COS(C)(=O)=O)[C@H]1OS(C)(=O)=O. The third-order valence-corrected chi connectivity index (χ3v) is 5.57. The Bertz CT molecular complexity index is 1030. The van der Waals surface area contributed by atoms with Gasteiger partial charge in [0.1, 0.15) is 18.2 Å². The molecule has 12 nitrogen and oxygen atoms in total. The third-order valence-electron chi connectivity index (χ3n) is 4.44. The van der Waals surface area contributed by atoms with Crippen LogP contribution < -0.4 is 10.6 Å². The van der Waals surface area contributed by atoms with Gasteiger partial charge in [-0.25, -0.2) is 0 Å². The van der Waals surface area contributed by atoms with Gasteiger partial charge < -0.3 is 20.1 Å². The largest absolute Gasteiger partial charge is 0.349 e. The molecule has 0 bridgehead atoms. The van der Waals surface area contributed by atoms with Crippen molar-refractivity contribution in [2.24, 2.45) is 0 Å². The van der Waals surface area contributed by atoms with Crippen LogP contribution in [0.1, 0.15) is 19.4 Å². The second-order valence-corrected chi connectivity index (χ2v) is 10.8. The molecule has 33 heavy (non-hydrogen) atoms. The molecule has 1 fully saturated rings. The van der Waals surface area contributed by atoms with Gasteiger partial charge in [0.15, 0.2) is 6.29 Å². The number of hydrogen-bond acceptors (Lipinski definition) is 10. The van der Waals surface area contributed by atoms with Crippen LogP contribution in [0.25, 0.3) is 0 Å². The smallest absolute Gasteiger partial charge is 0.264 e. The van der Waals surface area contributed by atoms with Gasteiger partial charge in [-0.1, -0.05) is 30.3 Å². The van der Waals surface area contributed by atoms with E-state index in [1.54, 1.807) is 24.3 Å². The molecule has 0 aromatic heterocycles. The van der Waals surface area contributed by atoms with Crippen LogP contribution >= 0.6 is 0 Å². The van der Waals surface area contributed by atoms with E-state index in [4.69, 9.17) is 17.8 Å². The zero-order valence-corrected chi connectivity index (χ0v) is 20.2. The standard InChI is InChI=1S/C19H28N2O10S2/c1-12(22)20-16-17(21-13(2)23)19(28-10-14-8-6-5-7-9-14)30-15(11-29-32(3,24)25)18(16)31-33(4,26)27/h5-9,15-19H,10-11H2,1-4H3,(H,20,22)(H,21,23)/t15-,16-,17-,18-,19+/m1/s1. The predicted molar refractivity (Wildman–Crippen MR) is 116 cm³/mol. The van der Waals surface area contributed by atoms with E-state index in [0.717, 1.165) is 18.1 Å². The number of ether oxygens (including phenoxy) is 2. The number of rotatable bonds is 10. The molecule has 0 spiro atoms. The molecule has 1 aromatic carbocycles. The van der Waals surface area contributed by atoms with Crippen LogP contribution in [-0.2, 0) is 54.3 Å². The summed E-state index contributed by atoms with van der Waals surface area (Å²) >= 11 is 0. The average Bonchev–Trinajstić information content (AvgIpc) is 2.67. The van der Waals surface area contributed by atoms with Crippen molar-refractivity contribution in [1.29, 1.82) is 0 Å². The van der Waals surface area contributed by atoms with Crippen molar-refractivity contribution in [3.05, 3.63) is 35.9 Å². The summed E-state index contributed by atoms with van der Waals surface area (Å²) in [6.07, 6.45) is -2.33. The maximum absolute atomic E-state index is 11.9. The van der Waals surface area contributed by atoms with Crippen LogP contribution in [0.4, 0.5) is 0 Å². The summed E-state index contributed by atoms with van der Waals surface area (Å²) in [5, 5.41) is 5.15. The number of amides is 2. The van der Waals surface area contributed by atoms with Crippen molar-refractivity contribution >= 4 is 32.1 Å². The molecule has 5 atom stereocenters. The number of benzene rings is 1. The molecular weight excluding hydrogens is 480 g/mol. The number of carbonyl (C=O) groups excluding carboxylic acids is 2. The van der Waals surface area contributed by atoms with Crippen LogP contribution in [0.5, 0.6) is 0 Å². The normalized spacial score (nSPS) is 25.9. The lowest BCUT2D eigenvalue weighted by molar-refractivity contribution is -0.247. The predicted octanol–water partition coefficient (Wildman–Crippen LogP) is -0.741. The van der Waals surface area contributed by atoms with E-state index in [0.29, 0.717) is 0 Å². The van der Waals surface area contributed by atoms with Gasteiger partial charge in [-0.3, -0.25) is 18.0 Å². The van der Waals surface area contributed by atoms with E-state index in [9.17, 15) is 26.4 Å². The van der Waals surface area contributed by atoms with Crippen LogP contribution in [0, 0.1) is 0 Å². The monoisotopic (exact) mass is 508 g/mol. The highest BCUT2D eigenvalue weighted by Crippen LogP contribution is 2.27. The van der Waals surface area contributed by atoms with Gasteiger partial charge in [0.25, 0.3) is 20.2 Å². The average molecular weight is 509 g/mol. The molecule has 1 aliphatic rings. The molecule has 14 heteroatoms. The zero-order valence-electron chi connectivity index (χ0n) is 18.6. The fourth-order valence-electron chi connectivity index (χ4n) is 3.28. The fourth-order valence-corrected chi connectivity index (χ4v) is 4.31. The van der Waals surface area contributed by atoms with Crippen LogP contribution in [0.3, 0.4) is 0 Å². The summed E-state index contributed by atoms with van der Waals surface area (Å²) in [6, 6.07) is 6.76. The minimum Gasteiger partial charge on any atom is -0.349 e. The van der Waals surface area contributed by atoms with Gasteiger partial charge in [-0.2, -0.15) is 16.8 Å². The summed E-state index contributed by atoms with van der Waals surface area (Å²) in [4.78, 5) is 23.8. The molecule has 2 N–H and O–H groups in total. The first kappa shape index (κ1) is 27.1. The van der Waals surface area contributed by atoms with Crippen molar-refractivity contribution in [3.8, 4) is 0 Å². The highest BCUT2D eigenvalue weighted by molar-refractivity contribution is 7.86. The zero-order chi connectivity index (χ0) is 24.8. The Morgan fingerprint density at radius 2 is 1.52 bits per heavy atom. The maximum Gasteiger partial charge on any atom is 0.264 e.